The molecule has 35 heavy (non-hydrogen) atoms. The number of nitrogens with one attached hydrogen (secondary N) is 1. The number of aryl methyl sites for hydroxylation is 1. The van der Waals surface area contributed by atoms with E-state index in [1.54, 1.807) is 0 Å². The highest BCUT2D eigenvalue weighted by atomic mass is 32.2. The first-order valence-electron chi connectivity index (χ1n) is 10.6. The predicted molar refractivity (Wildman–Crippen MR) is 118 cm³/mol. The maximum atomic E-state index is 14.1. The number of hydrogen-bond donors (Lipinski definition) is 1. The Morgan fingerprint density at radius 3 is 2.63 bits per heavy atom. The van der Waals surface area contributed by atoms with Gasteiger partial charge in [0.05, 0.1) is 18.5 Å². The molecule has 0 saturated heterocycles. The number of carbonyl (C=O) groups is 1. The van der Waals surface area contributed by atoms with Crippen LogP contribution in [-0.2, 0) is 21.2 Å². The molecule has 2 heterocycles. The molecule has 1 N–H and O–H groups in total. The molecular weight excluding hydrogens is 496 g/mol. The van der Waals surface area contributed by atoms with E-state index in [0.717, 1.165) is 24.6 Å². The molecule has 0 aliphatic carbocycles. The van der Waals surface area contributed by atoms with Crippen LogP contribution in [0.4, 0.5) is 40.6 Å². The number of carbonyl (C=O) groups excluding carboxylic acids is 1. The average molecular weight is 518 g/mol. The number of aromatic nitrogens is 2. The van der Waals surface area contributed by atoms with E-state index in [2.05, 4.69) is 24.9 Å². The van der Waals surface area contributed by atoms with Crippen molar-refractivity contribution >= 4 is 39.0 Å². The lowest BCUT2D eigenvalue weighted by atomic mass is 10.00. The maximum Gasteiger partial charge on any atom is 0.516 e. The first kappa shape index (κ1) is 26.2. The minimum absolute atomic E-state index is 0.00432. The molecule has 0 fully saturated rings. The van der Waals surface area contributed by atoms with E-state index in [-0.39, 0.29) is 12.3 Å². The van der Waals surface area contributed by atoms with Crippen molar-refractivity contribution in [3.05, 3.63) is 35.4 Å². The Morgan fingerprint density at radius 1 is 1.26 bits per heavy atom. The van der Waals surface area contributed by atoms with Crippen molar-refractivity contribution in [3.8, 4) is 0 Å². The monoisotopic (exact) mass is 518 g/mol. The number of sulfonamides is 1. The molecule has 3 rings (SSSR count). The highest BCUT2D eigenvalue weighted by molar-refractivity contribution is 7.93. The summed E-state index contributed by atoms with van der Waals surface area (Å²) in [6, 6.07) is 2.69. The van der Waals surface area contributed by atoms with Gasteiger partial charge in [-0.25, -0.2) is 9.78 Å². The van der Waals surface area contributed by atoms with Gasteiger partial charge in [0.1, 0.15) is 11.3 Å². The van der Waals surface area contributed by atoms with E-state index in [1.165, 1.54) is 23.8 Å². The van der Waals surface area contributed by atoms with E-state index in [9.17, 15) is 30.8 Å². The third kappa shape index (κ3) is 6.01. The van der Waals surface area contributed by atoms with E-state index in [0.29, 0.717) is 25.2 Å². The number of hydrogen-bond acceptors (Lipinski definition) is 9. The first-order valence-corrected chi connectivity index (χ1v) is 12.1. The van der Waals surface area contributed by atoms with Crippen molar-refractivity contribution in [2.75, 3.05) is 29.3 Å². The lowest BCUT2D eigenvalue weighted by Crippen LogP contribution is -2.31. The highest BCUT2D eigenvalue weighted by Gasteiger charge is 2.46. The molecule has 1 aromatic carbocycles. The van der Waals surface area contributed by atoms with Crippen molar-refractivity contribution < 1.29 is 35.5 Å². The van der Waals surface area contributed by atoms with E-state index in [4.69, 9.17) is 0 Å². The van der Waals surface area contributed by atoms with Gasteiger partial charge in [0.15, 0.2) is 0 Å². The van der Waals surface area contributed by atoms with Gasteiger partial charge in [0.25, 0.3) is 5.95 Å². The minimum atomic E-state index is -5.75. The Hall–Kier alpha value is -3.36. The second-order valence-electron chi connectivity index (χ2n) is 7.43. The molecule has 0 spiro atoms. The van der Waals surface area contributed by atoms with Crippen LogP contribution in [0.3, 0.4) is 0 Å². The quantitative estimate of drug-likeness (QED) is 0.234. The Kier molecular flexibility index (Phi) is 7.87. The zero-order chi connectivity index (χ0) is 25.8. The van der Waals surface area contributed by atoms with Crippen LogP contribution in [0.5, 0.6) is 0 Å². The molecule has 15 heteroatoms. The van der Waals surface area contributed by atoms with Crippen molar-refractivity contribution in [1.82, 2.24) is 9.97 Å². The van der Waals surface area contributed by atoms with E-state index < -0.39 is 44.6 Å². The SMILES string of the molecule is CCCN1CCCc2cc(N=Nc3ncc(C(=O)OCC)c(F)n3)c(NS(=O)(=O)C(F)(F)F)cc21. The molecule has 10 nitrogen and oxygen atoms in total. The molecule has 1 aromatic heterocycles. The molecule has 2 aromatic rings. The van der Waals surface area contributed by atoms with Crippen LogP contribution in [0.25, 0.3) is 0 Å². The lowest BCUT2D eigenvalue weighted by molar-refractivity contribution is -0.0429. The summed E-state index contributed by atoms with van der Waals surface area (Å²) in [4.78, 5) is 20.7. The summed E-state index contributed by atoms with van der Waals surface area (Å²) in [5, 5.41) is 7.40. The van der Waals surface area contributed by atoms with Crippen LogP contribution in [0.15, 0.2) is 28.6 Å². The summed E-state index contributed by atoms with van der Waals surface area (Å²) >= 11 is 0. The predicted octanol–water partition coefficient (Wildman–Crippen LogP) is 4.63. The van der Waals surface area contributed by atoms with Gasteiger partial charge in [0.2, 0.25) is 5.95 Å². The van der Waals surface area contributed by atoms with Crippen LogP contribution < -0.4 is 9.62 Å². The standard InChI is InChI=1S/C20H22F4N6O4S/c1-3-7-30-8-5-6-12-9-14(15(10-16(12)30)29-35(32,33)20(22,23)24)27-28-19-25-11-13(17(21)26-19)18(31)34-4-2/h9-11,29H,3-8H2,1-2H3. The lowest BCUT2D eigenvalue weighted by Gasteiger charge is -2.32. The van der Waals surface area contributed by atoms with Crippen LogP contribution in [-0.4, -0.2) is 49.6 Å². The molecule has 0 amide bonds. The van der Waals surface area contributed by atoms with Crippen molar-refractivity contribution in [3.63, 3.8) is 0 Å². The summed E-state index contributed by atoms with van der Waals surface area (Å²) in [5.74, 6) is -2.75. The average Bonchev–Trinajstić information content (AvgIpc) is 2.77. The molecule has 0 saturated carbocycles. The zero-order valence-electron chi connectivity index (χ0n) is 18.8. The first-order chi connectivity index (χ1) is 16.5. The molecule has 0 radical (unpaired) electrons. The largest absolute Gasteiger partial charge is 0.516 e. The topological polar surface area (TPSA) is 126 Å². The Balaban J connectivity index is 2.02. The van der Waals surface area contributed by atoms with Gasteiger partial charge >= 0.3 is 21.5 Å². The van der Waals surface area contributed by atoms with Gasteiger partial charge in [-0.2, -0.15) is 31.0 Å². The fraction of sp³-hybridized carbons (Fsp3) is 0.450. The Bertz CT molecular complexity index is 1240. The third-order valence-corrected chi connectivity index (χ3v) is 6.02. The summed E-state index contributed by atoms with van der Waals surface area (Å²) in [7, 11) is -5.75. The molecular formula is C20H22F4N6O4S. The summed E-state index contributed by atoms with van der Waals surface area (Å²) in [6.07, 6.45) is 2.97. The van der Waals surface area contributed by atoms with Gasteiger partial charge in [0, 0.05) is 18.8 Å². The van der Waals surface area contributed by atoms with Gasteiger partial charge < -0.3 is 9.64 Å². The number of ether oxygens (including phenoxy) is 1. The second kappa shape index (κ2) is 10.5. The zero-order valence-corrected chi connectivity index (χ0v) is 19.6. The van der Waals surface area contributed by atoms with Crippen LogP contribution >= 0.6 is 0 Å². The van der Waals surface area contributed by atoms with Crippen LogP contribution in [0, 0.1) is 5.95 Å². The molecule has 190 valence electrons. The third-order valence-electron chi connectivity index (χ3n) is 4.93. The highest BCUT2D eigenvalue weighted by Crippen LogP contribution is 2.39. The smallest absolute Gasteiger partial charge is 0.462 e. The second-order valence-corrected chi connectivity index (χ2v) is 9.11. The van der Waals surface area contributed by atoms with Crippen LogP contribution in [0.2, 0.25) is 0 Å². The fourth-order valence-corrected chi connectivity index (χ4v) is 3.98. The van der Waals surface area contributed by atoms with Crippen molar-refractivity contribution in [2.24, 2.45) is 10.2 Å². The normalized spacial score (nSPS) is 14.2. The summed E-state index contributed by atoms with van der Waals surface area (Å²) in [5.41, 5.74) is -5.48. The number of azo groups is 1. The van der Waals surface area contributed by atoms with Crippen LogP contribution in [0.1, 0.15) is 42.6 Å². The summed E-state index contributed by atoms with van der Waals surface area (Å²) < 4.78 is 83.0. The van der Waals surface area contributed by atoms with Gasteiger partial charge in [-0.15, -0.1) is 10.2 Å². The van der Waals surface area contributed by atoms with Crippen molar-refractivity contribution in [2.45, 2.75) is 38.6 Å². The maximum absolute atomic E-state index is 14.1. The minimum Gasteiger partial charge on any atom is -0.462 e. The van der Waals surface area contributed by atoms with Gasteiger partial charge in [-0.3, -0.25) is 4.72 Å². The number of halogens is 4. The number of nitrogens with zero attached hydrogens (tertiary/aromatic N) is 5. The number of fused-ring (bicyclic) bond motifs is 1. The molecule has 0 unspecified atom stereocenters. The number of alkyl halides is 3. The Labute approximate surface area is 198 Å². The fourth-order valence-electron chi connectivity index (χ4n) is 3.41. The molecule has 1 aliphatic heterocycles. The van der Waals surface area contributed by atoms with Crippen molar-refractivity contribution in [1.29, 1.82) is 0 Å². The number of anilines is 2. The van der Waals surface area contributed by atoms with Gasteiger partial charge in [-0.05, 0) is 43.9 Å². The molecule has 0 bridgehead atoms. The summed E-state index contributed by atoms with van der Waals surface area (Å²) in [6.45, 7) is 4.76. The Morgan fingerprint density at radius 2 is 2.00 bits per heavy atom. The number of esters is 1. The van der Waals surface area contributed by atoms with E-state index in [1.807, 2.05) is 11.8 Å². The van der Waals surface area contributed by atoms with E-state index >= 15 is 0 Å². The molecule has 1 aliphatic rings. The van der Waals surface area contributed by atoms with Gasteiger partial charge in [-0.1, -0.05) is 6.92 Å². The molecule has 0 atom stereocenters. The number of rotatable bonds is 8. The number of benzene rings is 1.